The number of aromatic nitrogens is 2. The molecular formula is C16H25N3O. The number of hydrogen-bond acceptors (Lipinski definition) is 2. The number of amides is 1. The van der Waals surface area contributed by atoms with Gasteiger partial charge in [0.1, 0.15) is 0 Å². The zero-order valence-electron chi connectivity index (χ0n) is 12.3. The van der Waals surface area contributed by atoms with E-state index in [4.69, 9.17) is 0 Å². The molecule has 1 aliphatic heterocycles. The van der Waals surface area contributed by atoms with E-state index in [1.807, 2.05) is 6.33 Å². The van der Waals surface area contributed by atoms with Crippen molar-refractivity contribution in [2.75, 3.05) is 6.54 Å². The van der Waals surface area contributed by atoms with Crippen LogP contribution in [0.5, 0.6) is 0 Å². The largest absolute Gasteiger partial charge is 0.356 e. The van der Waals surface area contributed by atoms with Crippen molar-refractivity contribution < 1.29 is 4.79 Å². The van der Waals surface area contributed by atoms with Crippen LogP contribution in [0.15, 0.2) is 12.5 Å². The van der Waals surface area contributed by atoms with E-state index in [9.17, 15) is 4.79 Å². The fourth-order valence-corrected chi connectivity index (χ4v) is 3.51. The van der Waals surface area contributed by atoms with Gasteiger partial charge in [0.2, 0.25) is 5.91 Å². The predicted molar refractivity (Wildman–Crippen MR) is 78.3 cm³/mol. The second-order valence-electron chi connectivity index (χ2n) is 6.56. The number of nitrogens with zero attached hydrogens (tertiary/aromatic N) is 2. The molecular weight excluding hydrogens is 250 g/mol. The van der Waals surface area contributed by atoms with Crippen molar-refractivity contribution in [3.05, 3.63) is 18.2 Å². The van der Waals surface area contributed by atoms with Gasteiger partial charge in [-0.3, -0.25) is 4.79 Å². The van der Waals surface area contributed by atoms with Gasteiger partial charge in [-0.15, -0.1) is 0 Å². The number of carbonyl (C=O) groups is 1. The van der Waals surface area contributed by atoms with E-state index in [-0.39, 0.29) is 11.8 Å². The van der Waals surface area contributed by atoms with E-state index in [0.717, 1.165) is 37.4 Å². The molecule has 110 valence electrons. The van der Waals surface area contributed by atoms with E-state index in [0.29, 0.717) is 6.04 Å². The van der Waals surface area contributed by atoms with Crippen molar-refractivity contribution in [1.82, 2.24) is 14.9 Å². The summed E-state index contributed by atoms with van der Waals surface area (Å²) in [6.45, 7) is 3.18. The van der Waals surface area contributed by atoms with Gasteiger partial charge in [-0.25, -0.2) is 4.98 Å². The normalized spacial score (nSPS) is 31.1. The van der Waals surface area contributed by atoms with E-state index in [1.165, 1.54) is 25.7 Å². The molecule has 1 unspecified atom stereocenters. The minimum Gasteiger partial charge on any atom is -0.356 e. The molecule has 20 heavy (non-hydrogen) atoms. The van der Waals surface area contributed by atoms with Gasteiger partial charge in [0, 0.05) is 31.1 Å². The first-order valence-electron chi connectivity index (χ1n) is 8.02. The van der Waals surface area contributed by atoms with Crippen LogP contribution in [0.2, 0.25) is 0 Å². The van der Waals surface area contributed by atoms with E-state index in [1.54, 1.807) is 0 Å². The highest BCUT2D eigenvalue weighted by Gasteiger charge is 2.24. The Bertz CT molecular complexity index is 460. The van der Waals surface area contributed by atoms with E-state index < -0.39 is 0 Å². The zero-order chi connectivity index (χ0) is 13.9. The fourth-order valence-electron chi connectivity index (χ4n) is 3.51. The average molecular weight is 275 g/mol. The van der Waals surface area contributed by atoms with Crippen molar-refractivity contribution in [2.24, 2.45) is 11.8 Å². The molecule has 0 radical (unpaired) electrons. The average Bonchev–Trinajstić information content (AvgIpc) is 2.91. The summed E-state index contributed by atoms with van der Waals surface area (Å²) in [5.74, 6) is 1.20. The fraction of sp³-hybridized carbons (Fsp3) is 0.750. The number of piperidine rings is 1. The highest BCUT2D eigenvalue weighted by Crippen LogP contribution is 2.32. The minimum absolute atomic E-state index is 0.124. The molecule has 1 saturated heterocycles. The van der Waals surface area contributed by atoms with Gasteiger partial charge < -0.3 is 9.88 Å². The molecule has 1 saturated carbocycles. The van der Waals surface area contributed by atoms with Gasteiger partial charge in [-0.1, -0.05) is 6.92 Å². The Hall–Kier alpha value is -1.32. The van der Waals surface area contributed by atoms with Gasteiger partial charge in [0.05, 0.1) is 12.0 Å². The second kappa shape index (κ2) is 5.98. The molecule has 3 rings (SSSR count). The Morgan fingerprint density at radius 2 is 2.10 bits per heavy atom. The Morgan fingerprint density at radius 3 is 2.85 bits per heavy atom. The molecule has 0 bridgehead atoms. The third-order valence-corrected chi connectivity index (χ3v) is 4.92. The maximum atomic E-state index is 11.8. The summed E-state index contributed by atoms with van der Waals surface area (Å²) in [5.41, 5.74) is 1.07. The van der Waals surface area contributed by atoms with Crippen LogP contribution in [-0.2, 0) is 11.2 Å². The van der Waals surface area contributed by atoms with Crippen LogP contribution in [0.4, 0.5) is 0 Å². The molecule has 1 atom stereocenters. The Kier molecular flexibility index (Phi) is 4.08. The lowest BCUT2D eigenvalue weighted by atomic mass is 9.87. The molecule has 2 heterocycles. The summed E-state index contributed by atoms with van der Waals surface area (Å²) in [6.07, 6.45) is 12.2. The SMILES string of the molecule is CC1CCC(n2cnc(CC3CCCNC3=O)c2)CC1. The van der Waals surface area contributed by atoms with Crippen LogP contribution in [0.1, 0.15) is 57.2 Å². The maximum absolute atomic E-state index is 11.8. The molecule has 4 heteroatoms. The first-order valence-corrected chi connectivity index (χ1v) is 8.02. The van der Waals surface area contributed by atoms with Crippen molar-refractivity contribution >= 4 is 5.91 Å². The first kappa shape index (κ1) is 13.7. The van der Waals surface area contributed by atoms with Crippen molar-refractivity contribution in [2.45, 2.75) is 57.9 Å². The van der Waals surface area contributed by atoms with Gasteiger partial charge in [-0.05, 0) is 44.4 Å². The first-order chi connectivity index (χ1) is 9.72. The number of hydrogen-bond donors (Lipinski definition) is 1. The molecule has 1 aliphatic carbocycles. The van der Waals surface area contributed by atoms with Gasteiger partial charge in [-0.2, -0.15) is 0 Å². The molecule has 2 fully saturated rings. The molecule has 1 aromatic heterocycles. The minimum atomic E-state index is 0.124. The molecule has 4 nitrogen and oxygen atoms in total. The van der Waals surface area contributed by atoms with Crippen molar-refractivity contribution in [1.29, 1.82) is 0 Å². The summed E-state index contributed by atoms with van der Waals surface area (Å²) in [5, 5.41) is 2.95. The number of rotatable bonds is 3. The Labute approximate surface area is 121 Å². The predicted octanol–water partition coefficient (Wildman–Crippen LogP) is 2.70. The van der Waals surface area contributed by atoms with Crippen molar-refractivity contribution in [3.8, 4) is 0 Å². The molecule has 1 amide bonds. The Morgan fingerprint density at radius 1 is 1.30 bits per heavy atom. The van der Waals surface area contributed by atoms with Gasteiger partial charge in [0.15, 0.2) is 0 Å². The summed E-state index contributed by atoms with van der Waals surface area (Å²) >= 11 is 0. The Balaban J connectivity index is 1.60. The quantitative estimate of drug-likeness (QED) is 0.922. The highest BCUT2D eigenvalue weighted by atomic mass is 16.1. The van der Waals surface area contributed by atoms with Crippen molar-refractivity contribution in [3.63, 3.8) is 0 Å². The van der Waals surface area contributed by atoms with Gasteiger partial charge >= 0.3 is 0 Å². The van der Waals surface area contributed by atoms with Crippen LogP contribution >= 0.6 is 0 Å². The maximum Gasteiger partial charge on any atom is 0.223 e. The third kappa shape index (κ3) is 3.05. The molecule has 0 aromatic carbocycles. The molecule has 0 spiro atoms. The smallest absolute Gasteiger partial charge is 0.223 e. The standard InChI is InChI=1S/C16H25N3O/c1-12-4-6-15(7-5-12)19-10-14(18-11-19)9-13-3-2-8-17-16(13)20/h10-13,15H,2-9H2,1H3,(H,17,20). The summed E-state index contributed by atoms with van der Waals surface area (Å²) in [7, 11) is 0. The van der Waals surface area contributed by atoms with Crippen LogP contribution in [0.25, 0.3) is 0 Å². The lowest BCUT2D eigenvalue weighted by molar-refractivity contribution is -0.126. The van der Waals surface area contributed by atoms with Crippen LogP contribution < -0.4 is 5.32 Å². The lowest BCUT2D eigenvalue weighted by Crippen LogP contribution is -2.37. The summed E-state index contributed by atoms with van der Waals surface area (Å²) in [4.78, 5) is 16.3. The monoisotopic (exact) mass is 275 g/mol. The summed E-state index contributed by atoms with van der Waals surface area (Å²) in [6, 6.07) is 0.618. The topological polar surface area (TPSA) is 46.9 Å². The summed E-state index contributed by atoms with van der Waals surface area (Å²) < 4.78 is 2.28. The molecule has 1 N–H and O–H groups in total. The number of nitrogens with one attached hydrogen (secondary N) is 1. The molecule has 1 aromatic rings. The second-order valence-corrected chi connectivity index (χ2v) is 6.56. The van der Waals surface area contributed by atoms with Gasteiger partial charge in [0.25, 0.3) is 0 Å². The lowest BCUT2D eigenvalue weighted by Gasteiger charge is -2.27. The number of carbonyl (C=O) groups excluding carboxylic acids is 1. The van der Waals surface area contributed by atoms with Crippen LogP contribution in [-0.4, -0.2) is 22.0 Å². The van der Waals surface area contributed by atoms with Crippen LogP contribution in [0, 0.1) is 11.8 Å². The van der Waals surface area contributed by atoms with E-state index >= 15 is 0 Å². The highest BCUT2D eigenvalue weighted by molar-refractivity contribution is 5.79. The van der Waals surface area contributed by atoms with Crippen LogP contribution in [0.3, 0.4) is 0 Å². The third-order valence-electron chi connectivity index (χ3n) is 4.92. The zero-order valence-corrected chi connectivity index (χ0v) is 12.3. The number of imidazole rings is 1. The molecule has 2 aliphatic rings. The van der Waals surface area contributed by atoms with E-state index in [2.05, 4.69) is 28.0 Å².